The summed E-state index contributed by atoms with van der Waals surface area (Å²) in [4.78, 5) is 16.4. The Morgan fingerprint density at radius 1 is 1.38 bits per heavy atom. The van der Waals surface area contributed by atoms with Crippen molar-refractivity contribution in [1.82, 2.24) is 13.9 Å². The second kappa shape index (κ2) is 6.14. The second-order valence-corrected chi connectivity index (χ2v) is 9.45. The molecule has 2 aromatic rings. The van der Waals surface area contributed by atoms with E-state index in [1.807, 2.05) is 6.07 Å². The highest BCUT2D eigenvalue weighted by Crippen LogP contribution is 2.36. The molecule has 1 atom stereocenters. The van der Waals surface area contributed by atoms with Crippen LogP contribution in [0.4, 0.5) is 5.69 Å². The summed E-state index contributed by atoms with van der Waals surface area (Å²) in [6.45, 7) is 0.555. The van der Waals surface area contributed by atoms with E-state index < -0.39 is 10.0 Å². The van der Waals surface area contributed by atoms with Crippen molar-refractivity contribution in [2.45, 2.75) is 38.1 Å². The first kappa shape index (κ1) is 17.6. The Balaban J connectivity index is 1.73. The average molecular weight is 397 g/mol. The second-order valence-electron chi connectivity index (χ2n) is 7.06. The van der Waals surface area contributed by atoms with Crippen molar-refractivity contribution in [2.75, 3.05) is 18.5 Å². The summed E-state index contributed by atoms with van der Waals surface area (Å²) in [6, 6.07) is 1.82. The molecule has 7 nitrogen and oxygen atoms in total. The standard InChI is InChI=1S/C17H21ClN4O3S/c1-26(24,25)21-6-5-11-13(19)8-22(15(11)9-21)17(23)10-3-2-4-14-12(10)7-16(18)20-14/h7-8,10,20H,2-6,9,19H2,1H3. The summed E-state index contributed by atoms with van der Waals surface area (Å²) in [7, 11) is -3.33. The molecule has 2 aliphatic rings. The lowest BCUT2D eigenvalue weighted by atomic mass is 9.86. The molecule has 26 heavy (non-hydrogen) atoms. The maximum atomic E-state index is 13.3. The number of hydrogen-bond donors (Lipinski definition) is 2. The van der Waals surface area contributed by atoms with Gasteiger partial charge in [0.05, 0.1) is 24.4 Å². The topological polar surface area (TPSA) is 101 Å². The molecule has 0 fully saturated rings. The van der Waals surface area contributed by atoms with Crippen molar-refractivity contribution in [2.24, 2.45) is 0 Å². The molecule has 0 amide bonds. The third-order valence-corrected chi connectivity index (χ3v) is 6.85. The van der Waals surface area contributed by atoms with Crippen molar-refractivity contribution in [1.29, 1.82) is 0 Å². The fraction of sp³-hybridized carbons (Fsp3) is 0.471. The lowest BCUT2D eigenvalue weighted by Gasteiger charge is -2.27. The molecule has 1 aliphatic carbocycles. The zero-order valence-corrected chi connectivity index (χ0v) is 16.0. The molecule has 1 unspecified atom stereocenters. The number of nitrogens with two attached hydrogens (primary N) is 1. The third kappa shape index (κ3) is 2.86. The molecule has 0 saturated carbocycles. The van der Waals surface area contributed by atoms with Crippen LogP contribution < -0.4 is 5.73 Å². The van der Waals surface area contributed by atoms with E-state index in [0.717, 1.165) is 36.1 Å². The van der Waals surface area contributed by atoms with Gasteiger partial charge in [-0.2, -0.15) is 4.31 Å². The molecule has 0 saturated heterocycles. The molecular formula is C17H21ClN4O3S. The largest absolute Gasteiger partial charge is 0.397 e. The Morgan fingerprint density at radius 2 is 2.15 bits per heavy atom. The van der Waals surface area contributed by atoms with Gasteiger partial charge >= 0.3 is 0 Å². The van der Waals surface area contributed by atoms with Crippen LogP contribution in [0.2, 0.25) is 5.15 Å². The first-order valence-electron chi connectivity index (χ1n) is 8.61. The molecule has 3 N–H and O–H groups in total. The molecule has 0 aromatic carbocycles. The molecule has 0 spiro atoms. The normalized spacial score (nSPS) is 20.6. The highest BCUT2D eigenvalue weighted by molar-refractivity contribution is 7.88. The fourth-order valence-electron chi connectivity index (χ4n) is 4.09. The Labute approximate surface area is 157 Å². The number of hydrogen-bond acceptors (Lipinski definition) is 4. The molecular weight excluding hydrogens is 376 g/mol. The number of nitrogen functional groups attached to an aromatic ring is 1. The summed E-state index contributed by atoms with van der Waals surface area (Å²) in [5.74, 6) is -0.378. The van der Waals surface area contributed by atoms with Gasteiger partial charge in [-0.3, -0.25) is 9.36 Å². The molecule has 140 valence electrons. The number of halogens is 1. The summed E-state index contributed by atoms with van der Waals surface area (Å²) < 4.78 is 26.8. The van der Waals surface area contributed by atoms with Gasteiger partial charge in [0.1, 0.15) is 5.15 Å². The number of fused-ring (bicyclic) bond motifs is 2. The van der Waals surface area contributed by atoms with Crippen LogP contribution in [-0.4, -0.2) is 41.0 Å². The maximum absolute atomic E-state index is 13.3. The van der Waals surface area contributed by atoms with Crippen LogP contribution >= 0.6 is 11.6 Å². The average Bonchev–Trinajstić information content (AvgIpc) is 3.12. The van der Waals surface area contributed by atoms with E-state index in [9.17, 15) is 13.2 Å². The zero-order chi connectivity index (χ0) is 18.6. The highest BCUT2D eigenvalue weighted by atomic mass is 35.5. The quantitative estimate of drug-likeness (QED) is 0.811. The van der Waals surface area contributed by atoms with E-state index in [0.29, 0.717) is 29.5 Å². The molecule has 3 heterocycles. The van der Waals surface area contributed by atoms with Crippen molar-refractivity contribution < 1.29 is 13.2 Å². The van der Waals surface area contributed by atoms with Gasteiger partial charge in [0.2, 0.25) is 15.9 Å². The molecule has 2 aromatic heterocycles. The Bertz CT molecular complexity index is 992. The van der Waals surface area contributed by atoms with Crippen LogP contribution in [0.1, 0.15) is 46.1 Å². The van der Waals surface area contributed by atoms with Crippen LogP contribution in [-0.2, 0) is 29.4 Å². The fourth-order valence-corrected chi connectivity index (χ4v) is 5.10. The minimum atomic E-state index is -3.33. The summed E-state index contributed by atoms with van der Waals surface area (Å²) >= 11 is 6.09. The van der Waals surface area contributed by atoms with Gasteiger partial charge in [-0.05, 0) is 42.9 Å². The molecule has 4 rings (SSSR count). The Morgan fingerprint density at radius 3 is 2.88 bits per heavy atom. The number of aryl methyl sites for hydroxylation is 1. The number of aromatic nitrogens is 2. The number of aromatic amines is 1. The smallest absolute Gasteiger partial charge is 0.238 e. The van der Waals surface area contributed by atoms with Crippen LogP contribution in [0.5, 0.6) is 0 Å². The number of sulfonamides is 1. The van der Waals surface area contributed by atoms with Crippen molar-refractivity contribution >= 4 is 33.2 Å². The van der Waals surface area contributed by atoms with Crippen molar-refractivity contribution in [3.63, 3.8) is 0 Å². The summed E-state index contributed by atoms with van der Waals surface area (Å²) in [5.41, 5.74) is 10.2. The van der Waals surface area contributed by atoms with Gasteiger partial charge < -0.3 is 10.7 Å². The SMILES string of the molecule is CS(=O)(=O)N1CCc2c(N)cn(C(=O)C3CCCc4[nH]c(Cl)cc43)c2C1. The van der Waals surface area contributed by atoms with Crippen LogP contribution in [0, 0.1) is 0 Å². The predicted molar refractivity (Wildman–Crippen MR) is 99.9 cm³/mol. The number of H-pyrrole nitrogens is 1. The van der Waals surface area contributed by atoms with Gasteiger partial charge in [-0.25, -0.2) is 8.42 Å². The molecule has 0 bridgehead atoms. The van der Waals surface area contributed by atoms with Gasteiger partial charge in [0.15, 0.2) is 0 Å². The lowest BCUT2D eigenvalue weighted by Crippen LogP contribution is -2.37. The lowest BCUT2D eigenvalue weighted by molar-refractivity contribution is 0.0862. The molecule has 1 aliphatic heterocycles. The molecule has 0 radical (unpaired) electrons. The first-order chi connectivity index (χ1) is 12.3. The van der Waals surface area contributed by atoms with E-state index in [2.05, 4.69) is 4.98 Å². The number of nitrogens with zero attached hydrogens (tertiary/aromatic N) is 2. The summed E-state index contributed by atoms with van der Waals surface area (Å²) in [5, 5.41) is 0.534. The number of rotatable bonds is 2. The minimum absolute atomic E-state index is 0.0788. The van der Waals surface area contributed by atoms with E-state index in [4.69, 9.17) is 17.3 Å². The zero-order valence-electron chi connectivity index (χ0n) is 14.5. The van der Waals surface area contributed by atoms with Crippen LogP contribution in [0.3, 0.4) is 0 Å². The monoisotopic (exact) mass is 396 g/mol. The van der Waals surface area contributed by atoms with E-state index >= 15 is 0 Å². The van der Waals surface area contributed by atoms with Gasteiger partial charge in [0.25, 0.3) is 0 Å². The van der Waals surface area contributed by atoms with Crippen molar-refractivity contribution in [3.05, 3.63) is 39.9 Å². The Hall–Kier alpha value is -1.77. The van der Waals surface area contributed by atoms with E-state index in [-0.39, 0.29) is 18.4 Å². The van der Waals surface area contributed by atoms with E-state index in [1.165, 1.54) is 10.6 Å². The number of carbonyl (C=O) groups excluding carboxylic acids is 1. The highest BCUT2D eigenvalue weighted by Gasteiger charge is 2.34. The molecule has 9 heteroatoms. The Kier molecular flexibility index (Phi) is 4.17. The van der Waals surface area contributed by atoms with E-state index in [1.54, 1.807) is 10.8 Å². The van der Waals surface area contributed by atoms with Crippen molar-refractivity contribution in [3.8, 4) is 0 Å². The van der Waals surface area contributed by atoms with Crippen LogP contribution in [0.25, 0.3) is 0 Å². The summed E-state index contributed by atoms with van der Waals surface area (Å²) in [6.07, 6.45) is 5.85. The first-order valence-corrected chi connectivity index (χ1v) is 10.8. The maximum Gasteiger partial charge on any atom is 0.238 e. The minimum Gasteiger partial charge on any atom is -0.397 e. The van der Waals surface area contributed by atoms with Gasteiger partial charge in [-0.1, -0.05) is 11.6 Å². The number of carbonyl (C=O) groups is 1. The van der Waals surface area contributed by atoms with Gasteiger partial charge in [-0.15, -0.1) is 0 Å². The predicted octanol–water partition coefficient (Wildman–Crippen LogP) is 2.13. The number of anilines is 1. The van der Waals surface area contributed by atoms with Crippen LogP contribution in [0.15, 0.2) is 12.3 Å². The third-order valence-electron chi connectivity index (χ3n) is 5.39. The van der Waals surface area contributed by atoms with Gasteiger partial charge in [0, 0.05) is 24.1 Å². The number of nitrogens with one attached hydrogen (secondary N) is 1.